The van der Waals surface area contributed by atoms with E-state index in [1.54, 1.807) is 24.3 Å². The Morgan fingerprint density at radius 1 is 0.838 bits per heavy atom. The summed E-state index contributed by atoms with van der Waals surface area (Å²) in [6.45, 7) is 9.72. The summed E-state index contributed by atoms with van der Waals surface area (Å²) in [5.41, 5.74) is 13.1. The number of fused-ring (bicyclic) bond motifs is 3. The van der Waals surface area contributed by atoms with Crippen molar-refractivity contribution in [1.82, 2.24) is 25.3 Å². The van der Waals surface area contributed by atoms with Gasteiger partial charge < -0.3 is 25.7 Å². The highest BCUT2D eigenvalue weighted by molar-refractivity contribution is 7.86. The fourth-order valence-corrected chi connectivity index (χ4v) is 10.6. The van der Waals surface area contributed by atoms with Gasteiger partial charge in [0, 0.05) is 72.6 Å². The molecule has 2 aliphatic rings. The van der Waals surface area contributed by atoms with Crippen molar-refractivity contribution in [2.75, 3.05) is 23.7 Å². The molecule has 8 rings (SSSR count). The summed E-state index contributed by atoms with van der Waals surface area (Å²) in [7, 11) is -8.94. The zero-order valence-electron chi connectivity index (χ0n) is 41.4. The van der Waals surface area contributed by atoms with Gasteiger partial charge in [-0.3, -0.25) is 24.0 Å². The van der Waals surface area contributed by atoms with Crippen molar-refractivity contribution in [3.05, 3.63) is 165 Å². The number of benzene rings is 4. The van der Waals surface area contributed by atoms with Gasteiger partial charge in [0.15, 0.2) is 11.4 Å². The number of unbranched alkanes of at least 4 members (excludes halogenated alkanes) is 2. The zero-order chi connectivity index (χ0) is 53.0. The van der Waals surface area contributed by atoms with Crippen molar-refractivity contribution >= 4 is 66.0 Å². The molecule has 4 heterocycles. The number of non-ortho nitro benzene ring substituents is 1. The van der Waals surface area contributed by atoms with Gasteiger partial charge in [-0.15, -0.1) is 0 Å². The highest BCUT2D eigenvalue weighted by atomic mass is 32.2. The number of nitro benzene ring substituents is 1. The third kappa shape index (κ3) is 11.8. The van der Waals surface area contributed by atoms with Crippen LogP contribution in [0, 0.1) is 10.1 Å². The number of nitrogens with two attached hydrogens (primary N) is 1. The lowest BCUT2D eigenvalue weighted by Gasteiger charge is -2.27. The Morgan fingerprint density at radius 2 is 1.51 bits per heavy atom. The molecule has 0 spiro atoms. The van der Waals surface area contributed by atoms with Gasteiger partial charge in [0.2, 0.25) is 23.4 Å². The van der Waals surface area contributed by atoms with Crippen molar-refractivity contribution in [3.63, 3.8) is 0 Å². The summed E-state index contributed by atoms with van der Waals surface area (Å²) < 4.78 is 76.8. The van der Waals surface area contributed by atoms with E-state index in [0.717, 1.165) is 63.4 Å². The van der Waals surface area contributed by atoms with E-state index in [9.17, 15) is 40.8 Å². The van der Waals surface area contributed by atoms with Gasteiger partial charge in [-0.2, -0.15) is 31.4 Å². The SMILES string of the molecule is CC1(C)C(/C=C/C=C/C=C2/N(CCCCCC(=O)NCc3ccc(COc4nc(N)nc5nc[nH]c45)cc3)c3ccc(S(=O)(=O)O)cc3C2(C)C)=[N+](CCCc2ccc([N+](=O)[O-])cc2)c2ccc(S(=O)(=O)O)cc21. The fourth-order valence-electron chi connectivity index (χ4n) is 9.55. The highest BCUT2D eigenvalue weighted by Crippen LogP contribution is 2.49. The quantitative estimate of drug-likeness (QED) is 0.0113. The van der Waals surface area contributed by atoms with Crippen molar-refractivity contribution in [1.29, 1.82) is 0 Å². The largest absolute Gasteiger partial charge is 0.471 e. The van der Waals surface area contributed by atoms with E-state index in [1.165, 1.54) is 42.7 Å². The maximum atomic E-state index is 12.9. The van der Waals surface area contributed by atoms with E-state index in [1.807, 2.05) is 82.3 Å². The molecule has 0 atom stereocenters. The molecule has 0 radical (unpaired) electrons. The number of imidazole rings is 1. The molecule has 74 heavy (non-hydrogen) atoms. The number of nitrogen functional groups attached to an aromatic ring is 1. The van der Waals surface area contributed by atoms with Crippen molar-refractivity contribution in [2.24, 2.45) is 0 Å². The maximum absolute atomic E-state index is 12.9. The Kier molecular flexibility index (Phi) is 15.3. The fraction of sp³-hybridized carbons (Fsp3) is 0.302. The van der Waals surface area contributed by atoms with E-state index in [2.05, 4.69) is 34.7 Å². The molecule has 386 valence electrons. The van der Waals surface area contributed by atoms with Gasteiger partial charge in [0.05, 0.1) is 26.5 Å². The lowest BCUT2D eigenvalue weighted by molar-refractivity contribution is -0.438. The molecule has 21 heteroatoms. The maximum Gasteiger partial charge on any atom is 0.294 e. The molecular weight excluding hydrogens is 987 g/mol. The summed E-state index contributed by atoms with van der Waals surface area (Å²) in [5.74, 6) is 0.304. The number of amides is 1. The van der Waals surface area contributed by atoms with Crippen LogP contribution in [0.5, 0.6) is 5.88 Å². The molecule has 0 aliphatic carbocycles. The second-order valence-corrected chi connectivity index (χ2v) is 22.1. The third-order valence-corrected chi connectivity index (χ3v) is 15.2. The molecule has 0 saturated carbocycles. The molecule has 0 fully saturated rings. The molecule has 6 aromatic rings. The smallest absolute Gasteiger partial charge is 0.294 e. The Labute approximate surface area is 429 Å². The van der Waals surface area contributed by atoms with E-state index in [0.29, 0.717) is 62.4 Å². The monoisotopic (exact) mass is 1040 g/mol. The van der Waals surface area contributed by atoms with Crippen molar-refractivity contribution in [2.45, 2.75) is 100.0 Å². The molecule has 4 aromatic carbocycles. The number of ether oxygens (including phenoxy) is 1. The number of anilines is 2. The van der Waals surface area contributed by atoms with Crippen LogP contribution in [0.2, 0.25) is 0 Å². The number of H-pyrrole nitrogens is 1. The van der Waals surface area contributed by atoms with Crippen LogP contribution in [0.3, 0.4) is 0 Å². The van der Waals surface area contributed by atoms with Gasteiger partial charge >= 0.3 is 0 Å². The van der Waals surface area contributed by atoms with Crippen LogP contribution in [0.25, 0.3) is 11.2 Å². The Balaban J connectivity index is 0.913. The lowest BCUT2D eigenvalue weighted by atomic mass is 9.81. The first kappa shape index (κ1) is 52.7. The van der Waals surface area contributed by atoms with E-state index < -0.39 is 36.0 Å². The van der Waals surface area contributed by atoms with E-state index >= 15 is 0 Å². The lowest BCUT2D eigenvalue weighted by Crippen LogP contribution is -2.28. The number of nitrogens with zero attached hydrogens (tertiary/aromatic N) is 6. The molecule has 2 aliphatic heterocycles. The Hall–Kier alpha value is -7.59. The number of hydrogen-bond donors (Lipinski definition) is 5. The Bertz CT molecular complexity index is 3480. The van der Waals surface area contributed by atoms with Crippen LogP contribution in [0.15, 0.2) is 137 Å². The zero-order valence-corrected chi connectivity index (χ0v) is 43.0. The standard InChI is InChI=1S/C53H57N9O10S2/c1-52(2)41-30-39(73(66,67)68)24-26-43(41)60(28-10-6-9-15-47(63)55-32-36-16-18-37(19-17-36)33-72-50-48-49(57-34-56-48)58-51(54)59-50)45(52)13-7-5-8-14-46-53(3,4)42-31-40(74(69,70)71)25-27-44(42)61(46)29-11-12-35-20-22-38(23-21-35)62(64)65/h5,7-8,13-14,16-27,30-31,34H,6,9-12,15,28-29,32-33H2,1-4H3,(H5-,54,55,56,57,58,59,63,66,67,68,69,70,71)/p+1. The molecule has 0 saturated heterocycles. The minimum absolute atomic E-state index is 0.0160. The first-order chi connectivity index (χ1) is 35.1. The van der Waals surface area contributed by atoms with E-state index in [4.69, 9.17) is 10.5 Å². The molecule has 1 amide bonds. The van der Waals surface area contributed by atoms with Gasteiger partial charge in [0.25, 0.3) is 25.9 Å². The van der Waals surface area contributed by atoms with Crippen molar-refractivity contribution in [3.8, 4) is 5.88 Å². The number of aryl methyl sites for hydroxylation is 1. The molecule has 19 nitrogen and oxygen atoms in total. The summed E-state index contributed by atoms with van der Waals surface area (Å²) in [4.78, 5) is 40.7. The number of nitro groups is 1. The molecular formula is C53H58N9O10S2+. The summed E-state index contributed by atoms with van der Waals surface area (Å²) in [6, 6.07) is 23.4. The molecule has 2 aromatic heterocycles. The number of rotatable bonds is 21. The third-order valence-electron chi connectivity index (χ3n) is 13.5. The molecule has 0 bridgehead atoms. The second-order valence-electron chi connectivity index (χ2n) is 19.3. The van der Waals surface area contributed by atoms with Crippen LogP contribution in [0.4, 0.5) is 23.0 Å². The predicted molar refractivity (Wildman–Crippen MR) is 281 cm³/mol. The molecule has 0 unspecified atom stereocenters. The number of carbonyl (C=O) groups excluding carboxylic acids is 1. The first-order valence-corrected chi connectivity index (χ1v) is 26.9. The predicted octanol–water partition coefficient (Wildman–Crippen LogP) is 8.60. The van der Waals surface area contributed by atoms with Crippen LogP contribution < -0.4 is 20.7 Å². The summed E-state index contributed by atoms with van der Waals surface area (Å²) >= 11 is 0. The first-order valence-electron chi connectivity index (χ1n) is 24.0. The van der Waals surface area contributed by atoms with Crippen LogP contribution >= 0.6 is 0 Å². The van der Waals surface area contributed by atoms with Gasteiger partial charge in [-0.1, -0.05) is 74.9 Å². The highest BCUT2D eigenvalue weighted by Gasteiger charge is 2.45. The summed E-state index contributed by atoms with van der Waals surface area (Å²) in [6.07, 6.45) is 14.9. The average molecular weight is 1050 g/mol. The normalized spacial score (nSPS) is 15.6. The van der Waals surface area contributed by atoms with Gasteiger partial charge in [-0.05, 0) is 91.8 Å². The Morgan fingerprint density at radius 3 is 2.22 bits per heavy atom. The topological polar surface area (TPSA) is 277 Å². The minimum Gasteiger partial charge on any atom is -0.471 e. The summed E-state index contributed by atoms with van der Waals surface area (Å²) in [5, 5.41) is 14.2. The van der Waals surface area contributed by atoms with Crippen LogP contribution in [0.1, 0.15) is 87.6 Å². The number of hydrogen-bond acceptors (Lipinski definition) is 13. The van der Waals surface area contributed by atoms with Gasteiger partial charge in [0.1, 0.15) is 18.7 Å². The van der Waals surface area contributed by atoms with Crippen molar-refractivity contribution < 1.29 is 45.0 Å². The van der Waals surface area contributed by atoms with Crippen LogP contribution in [-0.2, 0) is 55.4 Å². The number of nitrogens with one attached hydrogen (secondary N) is 2. The van der Waals surface area contributed by atoms with Crippen LogP contribution in [-0.4, -0.2) is 80.1 Å². The van der Waals surface area contributed by atoms with E-state index in [-0.39, 0.29) is 33.9 Å². The number of aromatic amines is 1. The minimum atomic E-state index is -4.47. The number of carbonyl (C=O) groups is 1. The average Bonchev–Trinajstić information content (AvgIpc) is 3.97. The number of allylic oxidation sites excluding steroid dienone is 6. The van der Waals surface area contributed by atoms with Gasteiger partial charge in [-0.25, -0.2) is 4.98 Å². The second kappa shape index (κ2) is 21.5. The molecule has 6 N–H and O–H groups in total. The number of aromatic nitrogens is 4.